The third-order valence-corrected chi connectivity index (χ3v) is 5.89. The second-order valence-electron chi connectivity index (χ2n) is 5.99. The molecule has 0 atom stereocenters. The number of nitrogen functional groups attached to an aromatic ring is 1. The standard InChI is InChI=1S/C14H19FN2O3S/c1-20-13-11(15)6-10(7-12(13)16)21(18,19)17-8-14(4-5-14)9-2-3-9/h6-7,9,17H,2-5,8,16H2,1H3. The van der Waals surface area contributed by atoms with Crippen LogP contribution < -0.4 is 15.2 Å². The zero-order chi connectivity index (χ0) is 15.3. The number of ether oxygens (including phenoxy) is 1. The predicted molar refractivity (Wildman–Crippen MR) is 76.9 cm³/mol. The summed E-state index contributed by atoms with van der Waals surface area (Å²) in [5.74, 6) is -0.260. The third kappa shape index (κ3) is 2.72. The van der Waals surface area contributed by atoms with Gasteiger partial charge >= 0.3 is 0 Å². The molecule has 0 spiro atoms. The predicted octanol–water partition coefficient (Wildman–Crippen LogP) is 1.88. The van der Waals surface area contributed by atoms with Gasteiger partial charge in [0.15, 0.2) is 11.6 Å². The van der Waals surface area contributed by atoms with Crippen molar-refractivity contribution in [2.75, 3.05) is 19.4 Å². The summed E-state index contributed by atoms with van der Waals surface area (Å²) in [7, 11) is -2.47. The van der Waals surface area contributed by atoms with Crippen molar-refractivity contribution in [3.05, 3.63) is 17.9 Å². The minimum atomic E-state index is -3.75. The molecule has 1 aromatic rings. The molecule has 0 saturated heterocycles. The molecule has 0 amide bonds. The molecule has 0 unspecified atom stereocenters. The molecule has 0 bridgehead atoms. The molecular formula is C14H19FN2O3S. The van der Waals surface area contributed by atoms with Gasteiger partial charge in [-0.05, 0) is 49.1 Å². The Kier molecular flexibility index (Phi) is 3.37. The van der Waals surface area contributed by atoms with E-state index in [0.29, 0.717) is 12.5 Å². The molecule has 21 heavy (non-hydrogen) atoms. The minimum Gasteiger partial charge on any atom is -0.492 e. The molecule has 2 fully saturated rings. The molecule has 3 rings (SSSR count). The molecule has 0 radical (unpaired) electrons. The topological polar surface area (TPSA) is 81.4 Å². The maximum absolute atomic E-state index is 13.8. The van der Waals surface area contributed by atoms with Crippen molar-refractivity contribution in [1.82, 2.24) is 4.72 Å². The van der Waals surface area contributed by atoms with Crippen molar-refractivity contribution in [2.45, 2.75) is 30.6 Å². The number of halogens is 1. The van der Waals surface area contributed by atoms with E-state index in [1.54, 1.807) is 0 Å². The zero-order valence-electron chi connectivity index (χ0n) is 11.9. The summed E-state index contributed by atoms with van der Waals surface area (Å²) in [5.41, 5.74) is 5.74. The van der Waals surface area contributed by atoms with Crippen LogP contribution in [0.1, 0.15) is 25.7 Å². The van der Waals surface area contributed by atoms with Crippen molar-refractivity contribution in [3.8, 4) is 5.75 Å². The van der Waals surface area contributed by atoms with Gasteiger partial charge in [-0.2, -0.15) is 0 Å². The molecule has 1 aromatic carbocycles. The largest absolute Gasteiger partial charge is 0.492 e. The van der Waals surface area contributed by atoms with Gasteiger partial charge in [0.1, 0.15) is 0 Å². The first-order valence-electron chi connectivity index (χ1n) is 7.01. The number of hydrogen-bond donors (Lipinski definition) is 2. The first-order chi connectivity index (χ1) is 9.88. The molecule has 7 heteroatoms. The van der Waals surface area contributed by atoms with Crippen LogP contribution in [0, 0.1) is 17.2 Å². The highest BCUT2D eigenvalue weighted by Crippen LogP contribution is 2.60. The van der Waals surface area contributed by atoms with Crippen LogP contribution in [-0.4, -0.2) is 22.1 Å². The van der Waals surface area contributed by atoms with E-state index >= 15 is 0 Å². The maximum atomic E-state index is 13.8. The van der Waals surface area contributed by atoms with Crippen LogP contribution in [0.3, 0.4) is 0 Å². The van der Waals surface area contributed by atoms with Crippen molar-refractivity contribution >= 4 is 15.7 Å². The minimum absolute atomic E-state index is 0.0267. The summed E-state index contributed by atoms with van der Waals surface area (Å²) in [6.07, 6.45) is 4.51. The fourth-order valence-electron chi connectivity index (χ4n) is 2.87. The Morgan fingerprint density at radius 1 is 1.43 bits per heavy atom. The highest BCUT2D eigenvalue weighted by molar-refractivity contribution is 7.89. The Balaban J connectivity index is 1.78. The van der Waals surface area contributed by atoms with Gasteiger partial charge in [-0.25, -0.2) is 17.5 Å². The maximum Gasteiger partial charge on any atom is 0.240 e. The summed E-state index contributed by atoms with van der Waals surface area (Å²) >= 11 is 0. The van der Waals surface area contributed by atoms with E-state index in [1.165, 1.54) is 26.0 Å². The van der Waals surface area contributed by atoms with Gasteiger partial charge in [-0.15, -0.1) is 0 Å². The lowest BCUT2D eigenvalue weighted by molar-refractivity contribution is 0.388. The van der Waals surface area contributed by atoms with E-state index in [9.17, 15) is 12.8 Å². The number of nitrogens with one attached hydrogen (secondary N) is 1. The van der Waals surface area contributed by atoms with Gasteiger partial charge in [-0.1, -0.05) is 0 Å². The van der Waals surface area contributed by atoms with Crippen LogP contribution in [0.25, 0.3) is 0 Å². The van der Waals surface area contributed by atoms with Crippen molar-refractivity contribution in [2.24, 2.45) is 11.3 Å². The van der Waals surface area contributed by atoms with E-state index in [1.807, 2.05) is 0 Å². The summed E-state index contributed by atoms with van der Waals surface area (Å²) in [4.78, 5) is -0.162. The molecule has 2 aliphatic carbocycles. The second kappa shape index (κ2) is 4.84. The molecule has 2 aliphatic rings. The molecule has 0 heterocycles. The molecule has 116 valence electrons. The first kappa shape index (κ1) is 14.6. The van der Waals surface area contributed by atoms with Gasteiger partial charge < -0.3 is 10.5 Å². The lowest BCUT2D eigenvalue weighted by atomic mass is 10.0. The van der Waals surface area contributed by atoms with Gasteiger partial charge in [0, 0.05) is 6.54 Å². The number of rotatable bonds is 6. The fraction of sp³-hybridized carbons (Fsp3) is 0.571. The van der Waals surface area contributed by atoms with Crippen LogP contribution >= 0.6 is 0 Å². The molecule has 5 nitrogen and oxygen atoms in total. The quantitative estimate of drug-likeness (QED) is 0.786. The fourth-order valence-corrected chi connectivity index (χ4v) is 4.05. The first-order valence-corrected chi connectivity index (χ1v) is 8.49. The van der Waals surface area contributed by atoms with Crippen LogP contribution in [-0.2, 0) is 10.0 Å². The number of nitrogens with two attached hydrogens (primary N) is 1. The normalized spacial score (nSPS) is 20.3. The van der Waals surface area contributed by atoms with Crippen molar-refractivity contribution < 1.29 is 17.5 Å². The zero-order valence-corrected chi connectivity index (χ0v) is 12.7. The number of anilines is 1. The summed E-state index contributed by atoms with van der Waals surface area (Å²) < 4.78 is 45.7. The van der Waals surface area contributed by atoms with Crippen LogP contribution in [0.2, 0.25) is 0 Å². The lowest BCUT2D eigenvalue weighted by Gasteiger charge is -2.16. The molecule has 3 N–H and O–H groups in total. The van der Waals surface area contributed by atoms with E-state index < -0.39 is 15.8 Å². The molecule has 0 aliphatic heterocycles. The average Bonchev–Trinajstić information content (AvgIpc) is 3.27. The number of benzene rings is 1. The Bertz CT molecular complexity index is 644. The third-order valence-electron chi connectivity index (χ3n) is 4.51. The highest BCUT2D eigenvalue weighted by atomic mass is 32.2. The van der Waals surface area contributed by atoms with Crippen molar-refractivity contribution in [3.63, 3.8) is 0 Å². The van der Waals surface area contributed by atoms with Crippen LogP contribution in [0.15, 0.2) is 17.0 Å². The summed E-state index contributed by atoms with van der Waals surface area (Å²) in [6, 6.07) is 2.16. The average molecular weight is 314 g/mol. The monoisotopic (exact) mass is 314 g/mol. The van der Waals surface area contributed by atoms with E-state index in [-0.39, 0.29) is 21.7 Å². The van der Waals surface area contributed by atoms with Gasteiger partial charge in [-0.3, -0.25) is 0 Å². The second-order valence-corrected chi connectivity index (χ2v) is 7.76. The number of sulfonamides is 1. The Hall–Kier alpha value is -1.34. The van der Waals surface area contributed by atoms with Gasteiger partial charge in [0.2, 0.25) is 10.0 Å². The van der Waals surface area contributed by atoms with Crippen LogP contribution in [0.4, 0.5) is 10.1 Å². The highest BCUT2D eigenvalue weighted by Gasteiger charge is 2.53. The molecule has 0 aromatic heterocycles. The van der Waals surface area contributed by atoms with E-state index in [2.05, 4.69) is 4.72 Å². The molecule has 2 saturated carbocycles. The Morgan fingerprint density at radius 2 is 2.10 bits per heavy atom. The van der Waals surface area contributed by atoms with Gasteiger partial charge in [0.25, 0.3) is 0 Å². The summed E-state index contributed by atoms with van der Waals surface area (Å²) in [5, 5.41) is 0. The molecular weight excluding hydrogens is 295 g/mol. The number of hydrogen-bond acceptors (Lipinski definition) is 4. The van der Waals surface area contributed by atoms with Gasteiger partial charge in [0.05, 0.1) is 17.7 Å². The number of methoxy groups -OCH3 is 1. The summed E-state index contributed by atoms with van der Waals surface area (Å²) in [6.45, 7) is 0.424. The van der Waals surface area contributed by atoms with E-state index in [0.717, 1.165) is 18.9 Å². The SMILES string of the molecule is COc1c(N)cc(S(=O)(=O)NCC2(C3CC3)CC2)cc1F. The smallest absolute Gasteiger partial charge is 0.240 e. The Labute approximate surface area is 123 Å². The van der Waals surface area contributed by atoms with E-state index in [4.69, 9.17) is 10.5 Å². The van der Waals surface area contributed by atoms with Crippen molar-refractivity contribution in [1.29, 1.82) is 0 Å². The Morgan fingerprint density at radius 3 is 2.57 bits per heavy atom. The lowest BCUT2D eigenvalue weighted by Crippen LogP contribution is -2.31. The van der Waals surface area contributed by atoms with Crippen LogP contribution in [0.5, 0.6) is 5.75 Å².